The molecule has 8 aromatic rings. The van der Waals surface area contributed by atoms with Crippen molar-refractivity contribution in [2.75, 3.05) is 9.80 Å². The van der Waals surface area contributed by atoms with Crippen LogP contribution in [-0.4, -0.2) is 0 Å². The first-order chi connectivity index (χ1) is 28.3. The van der Waals surface area contributed by atoms with Gasteiger partial charge in [-0.25, -0.2) is 4.39 Å². The van der Waals surface area contributed by atoms with Crippen LogP contribution in [0, 0.1) is 11.2 Å². The van der Waals surface area contributed by atoms with Crippen molar-refractivity contribution in [2.45, 2.75) is 52.4 Å². The molecule has 0 aromatic heterocycles. The van der Waals surface area contributed by atoms with Crippen LogP contribution < -0.4 is 9.80 Å². The molecule has 0 aliphatic carbocycles. The minimum atomic E-state index is -0.367. The first-order valence-corrected chi connectivity index (χ1v) is 20.6. The fourth-order valence-electron chi connectivity index (χ4n) is 9.42. The largest absolute Gasteiger partial charge is 0.311 e. The summed E-state index contributed by atoms with van der Waals surface area (Å²) in [6.45, 7) is 9.35. The SMILES string of the molecule is CCCCC1(C(C)(C)C)c2ccccc2N(c2cccc3ccccc23)c2cc(F)c(-c3ccc(N(c4ccccc4)c4ccc(-c5ccccc5)cc4)cc3)cc21. The second-order valence-corrected chi connectivity index (χ2v) is 16.6. The third kappa shape index (κ3) is 6.36. The van der Waals surface area contributed by atoms with Gasteiger partial charge in [-0.15, -0.1) is 0 Å². The van der Waals surface area contributed by atoms with Crippen molar-refractivity contribution in [1.29, 1.82) is 0 Å². The number of anilines is 6. The first-order valence-electron chi connectivity index (χ1n) is 20.6. The summed E-state index contributed by atoms with van der Waals surface area (Å²) in [5.41, 5.74) is 11.9. The van der Waals surface area contributed by atoms with Crippen LogP contribution in [0.1, 0.15) is 58.1 Å². The number of benzene rings is 8. The van der Waals surface area contributed by atoms with Gasteiger partial charge < -0.3 is 9.80 Å². The predicted octanol–water partition coefficient (Wildman–Crippen LogP) is 16.1. The van der Waals surface area contributed by atoms with Crippen LogP contribution >= 0.6 is 0 Å². The highest BCUT2D eigenvalue weighted by atomic mass is 19.1. The lowest BCUT2D eigenvalue weighted by atomic mass is 9.55. The summed E-state index contributed by atoms with van der Waals surface area (Å²) < 4.78 is 17.2. The molecule has 0 saturated heterocycles. The van der Waals surface area contributed by atoms with Crippen LogP contribution in [-0.2, 0) is 5.41 Å². The molecule has 3 heteroatoms. The van der Waals surface area contributed by atoms with Crippen molar-refractivity contribution in [1.82, 2.24) is 0 Å². The summed E-state index contributed by atoms with van der Waals surface area (Å²) in [5.74, 6) is -0.231. The van der Waals surface area contributed by atoms with E-state index < -0.39 is 0 Å². The van der Waals surface area contributed by atoms with Crippen molar-refractivity contribution in [3.05, 3.63) is 205 Å². The Balaban J connectivity index is 1.20. The van der Waals surface area contributed by atoms with E-state index in [1.165, 1.54) is 22.3 Å². The molecule has 2 nitrogen and oxygen atoms in total. The van der Waals surface area contributed by atoms with Crippen LogP contribution in [0.5, 0.6) is 0 Å². The number of rotatable bonds is 9. The quantitative estimate of drug-likeness (QED) is 0.145. The summed E-state index contributed by atoms with van der Waals surface area (Å²) in [4.78, 5) is 4.58. The predicted molar refractivity (Wildman–Crippen MR) is 244 cm³/mol. The smallest absolute Gasteiger partial charge is 0.133 e. The van der Waals surface area contributed by atoms with Gasteiger partial charge in [0.05, 0.1) is 17.1 Å². The number of halogens is 1. The zero-order chi connectivity index (χ0) is 39.9. The van der Waals surface area contributed by atoms with Crippen LogP contribution in [0.4, 0.5) is 38.5 Å². The van der Waals surface area contributed by atoms with Gasteiger partial charge in [0.15, 0.2) is 0 Å². The second-order valence-electron chi connectivity index (χ2n) is 16.6. The molecule has 1 aliphatic rings. The van der Waals surface area contributed by atoms with E-state index in [9.17, 15) is 0 Å². The summed E-state index contributed by atoms with van der Waals surface area (Å²) in [6, 6.07) is 65.8. The van der Waals surface area contributed by atoms with Gasteiger partial charge >= 0.3 is 0 Å². The molecule has 1 unspecified atom stereocenters. The Hall–Kier alpha value is -6.45. The lowest BCUT2D eigenvalue weighted by Crippen LogP contribution is -2.45. The maximum absolute atomic E-state index is 17.2. The fourth-order valence-corrected chi connectivity index (χ4v) is 9.42. The minimum Gasteiger partial charge on any atom is -0.311 e. The topological polar surface area (TPSA) is 6.48 Å². The number of nitrogens with zero attached hydrogens (tertiary/aromatic N) is 2. The summed E-state index contributed by atoms with van der Waals surface area (Å²) in [6.07, 6.45) is 3.09. The lowest BCUT2D eigenvalue weighted by molar-refractivity contribution is 0.207. The molecule has 9 rings (SSSR count). The molecule has 0 N–H and O–H groups in total. The number of unbranched alkanes of at least 4 members (excludes halogenated alkanes) is 1. The molecule has 0 saturated carbocycles. The molecule has 0 bridgehead atoms. The molecule has 58 heavy (non-hydrogen) atoms. The standard InChI is InChI=1S/C55H49FN2/c1-5-6-36-55(54(2,3)4)48-25-15-16-26-52(48)58(51-27-17-21-41-20-13-14-24-46(41)51)53-38-50(56)47(37-49(53)55)42-30-34-45(35-31-42)57(43-22-11-8-12-23-43)44-32-28-40(29-33-44)39-18-9-7-10-19-39/h7-35,37-38H,5-6,36H2,1-4H3. The molecule has 286 valence electrons. The van der Waals surface area contributed by atoms with Crippen molar-refractivity contribution < 1.29 is 4.39 Å². The van der Waals surface area contributed by atoms with E-state index in [1.54, 1.807) is 0 Å². The Morgan fingerprint density at radius 2 is 1.07 bits per heavy atom. The van der Waals surface area contributed by atoms with Gasteiger partial charge in [-0.1, -0.05) is 168 Å². The molecule has 8 aromatic carbocycles. The van der Waals surface area contributed by atoms with Crippen LogP contribution in [0.3, 0.4) is 0 Å². The Bertz CT molecular complexity index is 2690. The van der Waals surface area contributed by atoms with Crippen molar-refractivity contribution in [2.24, 2.45) is 5.41 Å². The lowest BCUT2D eigenvalue weighted by Gasteiger charge is -2.53. The Morgan fingerprint density at radius 1 is 0.517 bits per heavy atom. The van der Waals surface area contributed by atoms with E-state index in [1.807, 2.05) is 18.2 Å². The average Bonchev–Trinajstić information content (AvgIpc) is 3.26. The summed E-state index contributed by atoms with van der Waals surface area (Å²) >= 11 is 0. The summed E-state index contributed by atoms with van der Waals surface area (Å²) in [7, 11) is 0. The average molecular weight is 757 g/mol. The third-order valence-electron chi connectivity index (χ3n) is 12.3. The molecular formula is C55H49FN2. The maximum Gasteiger partial charge on any atom is 0.133 e. The van der Waals surface area contributed by atoms with Crippen LogP contribution in [0.2, 0.25) is 0 Å². The van der Waals surface area contributed by atoms with Gasteiger partial charge in [0.1, 0.15) is 5.82 Å². The number of hydrogen-bond donors (Lipinski definition) is 0. The molecule has 0 radical (unpaired) electrons. The molecule has 1 atom stereocenters. The van der Waals surface area contributed by atoms with E-state index >= 15 is 4.39 Å². The highest BCUT2D eigenvalue weighted by Gasteiger charge is 2.51. The van der Waals surface area contributed by atoms with Gasteiger partial charge in [0, 0.05) is 33.4 Å². The van der Waals surface area contributed by atoms with Gasteiger partial charge in [0.25, 0.3) is 0 Å². The molecule has 0 spiro atoms. The third-order valence-corrected chi connectivity index (χ3v) is 12.3. The maximum atomic E-state index is 17.2. The van der Waals surface area contributed by atoms with Crippen molar-refractivity contribution in [3.63, 3.8) is 0 Å². The number of hydrogen-bond acceptors (Lipinski definition) is 2. The molecule has 0 amide bonds. The minimum absolute atomic E-state index is 0.178. The molecular weight excluding hydrogens is 708 g/mol. The van der Waals surface area contributed by atoms with Crippen molar-refractivity contribution in [3.8, 4) is 22.3 Å². The Kier molecular flexibility index (Phi) is 9.69. The zero-order valence-electron chi connectivity index (χ0n) is 33.8. The van der Waals surface area contributed by atoms with Gasteiger partial charge in [-0.2, -0.15) is 0 Å². The van der Waals surface area contributed by atoms with Gasteiger partial charge in [-0.3, -0.25) is 0 Å². The Morgan fingerprint density at radius 3 is 1.76 bits per heavy atom. The van der Waals surface area contributed by atoms with Crippen LogP contribution in [0.15, 0.2) is 188 Å². The van der Waals surface area contributed by atoms with Gasteiger partial charge in [-0.05, 0) is 106 Å². The van der Waals surface area contributed by atoms with E-state index in [4.69, 9.17) is 0 Å². The number of para-hydroxylation sites is 2. The fraction of sp³-hybridized carbons (Fsp3) is 0.164. The van der Waals surface area contributed by atoms with E-state index in [0.717, 1.165) is 69.7 Å². The van der Waals surface area contributed by atoms with E-state index in [-0.39, 0.29) is 16.6 Å². The molecule has 1 heterocycles. The molecule has 1 aliphatic heterocycles. The number of fused-ring (bicyclic) bond motifs is 3. The second kappa shape index (κ2) is 15.1. The zero-order valence-corrected chi connectivity index (χ0v) is 33.8. The van der Waals surface area contributed by atoms with Gasteiger partial charge in [0.2, 0.25) is 0 Å². The van der Waals surface area contributed by atoms with Crippen molar-refractivity contribution >= 4 is 44.9 Å². The monoisotopic (exact) mass is 756 g/mol. The van der Waals surface area contributed by atoms with Crippen LogP contribution in [0.25, 0.3) is 33.0 Å². The van der Waals surface area contributed by atoms with E-state index in [2.05, 4.69) is 207 Å². The first kappa shape index (κ1) is 37.1. The normalized spacial score (nSPS) is 14.9. The summed E-state index contributed by atoms with van der Waals surface area (Å²) in [5, 5.41) is 2.30. The molecule has 0 fully saturated rings. The highest BCUT2D eigenvalue weighted by Crippen LogP contribution is 2.61. The van der Waals surface area contributed by atoms with E-state index in [0.29, 0.717) is 5.56 Å². The highest BCUT2D eigenvalue weighted by molar-refractivity contribution is 6.01. The Labute approximate surface area is 342 Å².